The van der Waals surface area contributed by atoms with Crippen LogP contribution < -0.4 is 10.1 Å². The van der Waals surface area contributed by atoms with E-state index in [9.17, 15) is 14.4 Å². The molecule has 1 N–H and O–H groups in total. The summed E-state index contributed by atoms with van der Waals surface area (Å²) in [7, 11) is 1.57. The molecule has 0 radical (unpaired) electrons. The van der Waals surface area contributed by atoms with Crippen molar-refractivity contribution in [3.63, 3.8) is 0 Å². The summed E-state index contributed by atoms with van der Waals surface area (Å²) in [6.45, 7) is 6.40. The van der Waals surface area contributed by atoms with Crippen LogP contribution >= 0.6 is 11.6 Å². The van der Waals surface area contributed by atoms with Crippen LogP contribution in [0, 0.1) is 0 Å². The summed E-state index contributed by atoms with van der Waals surface area (Å²) in [5.41, 5.74) is 0.937. The summed E-state index contributed by atoms with van der Waals surface area (Å²) in [4.78, 5) is 42.5. The van der Waals surface area contributed by atoms with Crippen molar-refractivity contribution in [2.75, 3.05) is 32.1 Å². The van der Waals surface area contributed by atoms with E-state index in [1.165, 1.54) is 0 Å². The average Bonchev–Trinajstić information content (AvgIpc) is 3.27. The molecule has 9 nitrogen and oxygen atoms in total. The van der Waals surface area contributed by atoms with Gasteiger partial charge in [0.25, 0.3) is 5.91 Å². The maximum Gasteiger partial charge on any atom is 0.410 e. The van der Waals surface area contributed by atoms with Crippen molar-refractivity contribution in [1.29, 1.82) is 0 Å². The molecule has 10 heteroatoms. The predicted octanol–water partition coefficient (Wildman–Crippen LogP) is 4.14. The van der Waals surface area contributed by atoms with E-state index in [4.69, 9.17) is 25.8 Å². The number of halogens is 1. The van der Waals surface area contributed by atoms with Crippen LogP contribution in [0.3, 0.4) is 0 Å². The predicted molar refractivity (Wildman–Crippen MR) is 143 cm³/mol. The number of hydrogen-bond donors (Lipinski definition) is 1. The second-order valence-corrected chi connectivity index (χ2v) is 10.9. The Bertz CT molecular complexity index is 1170. The fourth-order valence-corrected chi connectivity index (χ4v) is 4.90. The summed E-state index contributed by atoms with van der Waals surface area (Å²) in [5, 5.41) is 3.43. The quantitative estimate of drug-likeness (QED) is 0.564. The Hall–Kier alpha value is -3.30. The van der Waals surface area contributed by atoms with Crippen molar-refractivity contribution >= 4 is 35.2 Å². The molecule has 0 aliphatic carbocycles. The first-order valence-corrected chi connectivity index (χ1v) is 13.0. The molecular formula is C28H34ClN3O6. The molecule has 3 unspecified atom stereocenters. The zero-order valence-electron chi connectivity index (χ0n) is 22.1. The third kappa shape index (κ3) is 6.96. The van der Waals surface area contributed by atoms with E-state index in [2.05, 4.69) is 5.32 Å². The number of benzene rings is 2. The van der Waals surface area contributed by atoms with Gasteiger partial charge in [-0.05, 0) is 69.2 Å². The molecule has 0 spiro atoms. The number of anilines is 1. The van der Waals surface area contributed by atoms with Crippen molar-refractivity contribution in [2.45, 2.75) is 57.5 Å². The Morgan fingerprint density at radius 2 is 1.87 bits per heavy atom. The number of nitrogens with zero attached hydrogens (tertiary/aromatic N) is 2. The van der Waals surface area contributed by atoms with Crippen LogP contribution in [0.1, 0.15) is 32.8 Å². The molecule has 0 aromatic heterocycles. The molecule has 2 heterocycles. The summed E-state index contributed by atoms with van der Waals surface area (Å²) in [6.07, 6.45) is -1.42. The largest absolute Gasteiger partial charge is 0.497 e. The van der Waals surface area contributed by atoms with Crippen LogP contribution in [0.5, 0.6) is 5.75 Å². The van der Waals surface area contributed by atoms with E-state index >= 15 is 0 Å². The van der Waals surface area contributed by atoms with E-state index in [1.54, 1.807) is 47.2 Å². The van der Waals surface area contributed by atoms with Gasteiger partial charge in [-0.25, -0.2) is 4.79 Å². The highest BCUT2D eigenvalue weighted by Gasteiger charge is 2.49. The number of carbonyl (C=O) groups is 3. The fraction of sp³-hybridized carbons (Fsp3) is 0.464. The van der Waals surface area contributed by atoms with Crippen LogP contribution in [0.25, 0.3) is 0 Å². The number of carbonyl (C=O) groups excluding carboxylic acids is 3. The van der Waals surface area contributed by atoms with Gasteiger partial charge in [-0.1, -0.05) is 23.7 Å². The summed E-state index contributed by atoms with van der Waals surface area (Å²) >= 11 is 6.14. The van der Waals surface area contributed by atoms with E-state index in [1.807, 2.05) is 39.0 Å². The molecule has 2 fully saturated rings. The number of methoxy groups -OCH3 is 1. The van der Waals surface area contributed by atoms with Gasteiger partial charge in [-0.2, -0.15) is 0 Å². The van der Waals surface area contributed by atoms with Crippen LogP contribution in [0.2, 0.25) is 5.02 Å². The van der Waals surface area contributed by atoms with Gasteiger partial charge in [0.1, 0.15) is 17.5 Å². The lowest BCUT2D eigenvalue weighted by molar-refractivity contribution is -0.168. The minimum absolute atomic E-state index is 0.145. The topological polar surface area (TPSA) is 97.4 Å². The molecular weight excluding hydrogens is 510 g/mol. The summed E-state index contributed by atoms with van der Waals surface area (Å²) in [5.74, 6) is 0.0545. The standard InChI is InChI=1S/C28H34ClN3O6/c1-28(2,3)38-27(35)31-16-22-24(17-31)37-23(15-25(33)30-20-8-10-21(36-4)11-9-20)26(34)32(22)13-12-18-6-5-7-19(29)14-18/h5-11,14,22-24H,12-13,15-17H2,1-4H3,(H,30,33). The zero-order chi connectivity index (χ0) is 27.4. The first-order valence-electron chi connectivity index (χ1n) is 12.6. The van der Waals surface area contributed by atoms with Crippen LogP contribution in [0.15, 0.2) is 48.5 Å². The summed E-state index contributed by atoms with van der Waals surface area (Å²) in [6, 6.07) is 14.1. The maximum absolute atomic E-state index is 13.6. The van der Waals surface area contributed by atoms with Gasteiger partial charge in [0.2, 0.25) is 5.91 Å². The van der Waals surface area contributed by atoms with Gasteiger partial charge in [0.15, 0.2) is 0 Å². The molecule has 2 saturated heterocycles. The van der Waals surface area contributed by atoms with E-state index in [-0.39, 0.29) is 30.8 Å². The summed E-state index contributed by atoms with van der Waals surface area (Å²) < 4.78 is 16.8. The van der Waals surface area contributed by atoms with Crippen molar-refractivity contribution in [3.8, 4) is 5.75 Å². The highest BCUT2D eigenvalue weighted by molar-refractivity contribution is 6.30. The number of ether oxygens (including phenoxy) is 3. The SMILES string of the molecule is COc1ccc(NC(=O)CC2OC3CN(C(=O)OC(C)(C)C)CC3N(CCc3cccc(Cl)c3)C2=O)cc1. The van der Waals surface area contributed by atoms with Crippen molar-refractivity contribution in [1.82, 2.24) is 9.80 Å². The highest BCUT2D eigenvalue weighted by atomic mass is 35.5. The molecule has 0 saturated carbocycles. The highest BCUT2D eigenvalue weighted by Crippen LogP contribution is 2.29. The lowest BCUT2D eigenvalue weighted by atomic mass is 10.0. The third-order valence-electron chi connectivity index (χ3n) is 6.46. The minimum Gasteiger partial charge on any atom is -0.497 e. The van der Waals surface area contributed by atoms with E-state index in [0.717, 1.165) is 5.56 Å². The molecule has 2 aliphatic rings. The first-order chi connectivity index (χ1) is 18.0. The Balaban J connectivity index is 1.48. The van der Waals surface area contributed by atoms with Gasteiger partial charge in [-0.3, -0.25) is 9.59 Å². The molecule has 4 rings (SSSR count). The number of rotatable bonds is 7. The third-order valence-corrected chi connectivity index (χ3v) is 6.70. The van der Waals surface area contributed by atoms with Crippen LogP contribution in [-0.2, 0) is 25.5 Å². The minimum atomic E-state index is -0.965. The van der Waals surface area contributed by atoms with E-state index in [0.29, 0.717) is 36.0 Å². The molecule has 2 aromatic carbocycles. The lowest BCUT2D eigenvalue weighted by Crippen LogP contribution is -2.59. The van der Waals surface area contributed by atoms with Crippen molar-refractivity contribution < 1.29 is 28.6 Å². The Morgan fingerprint density at radius 3 is 2.53 bits per heavy atom. The average molecular weight is 544 g/mol. The number of nitrogens with one attached hydrogen (secondary N) is 1. The molecule has 3 amide bonds. The number of likely N-dealkylation sites (tertiary alicyclic amines) is 1. The lowest BCUT2D eigenvalue weighted by Gasteiger charge is -2.40. The second-order valence-electron chi connectivity index (χ2n) is 10.5. The molecule has 0 bridgehead atoms. The molecule has 2 aliphatic heterocycles. The van der Waals surface area contributed by atoms with E-state index < -0.39 is 23.9 Å². The van der Waals surface area contributed by atoms with Gasteiger partial charge >= 0.3 is 6.09 Å². The number of amides is 3. The van der Waals surface area contributed by atoms with Gasteiger partial charge in [0, 0.05) is 23.8 Å². The second kappa shape index (κ2) is 11.6. The maximum atomic E-state index is 13.6. The number of fused-ring (bicyclic) bond motifs is 1. The Kier molecular flexibility index (Phi) is 8.47. The number of hydrogen-bond acceptors (Lipinski definition) is 6. The molecule has 3 atom stereocenters. The van der Waals surface area contributed by atoms with Crippen LogP contribution in [-0.4, -0.2) is 78.3 Å². The molecule has 2 aromatic rings. The Morgan fingerprint density at radius 1 is 1.13 bits per heavy atom. The fourth-order valence-electron chi connectivity index (χ4n) is 4.69. The molecule has 38 heavy (non-hydrogen) atoms. The monoisotopic (exact) mass is 543 g/mol. The number of morpholine rings is 1. The van der Waals surface area contributed by atoms with Crippen LogP contribution in [0.4, 0.5) is 10.5 Å². The normalized spacial score (nSPS) is 21.2. The smallest absolute Gasteiger partial charge is 0.410 e. The Labute approximate surface area is 228 Å². The van der Waals surface area contributed by atoms with Gasteiger partial charge < -0.3 is 29.3 Å². The molecule has 204 valence electrons. The van der Waals surface area contributed by atoms with Gasteiger partial charge in [-0.15, -0.1) is 0 Å². The van der Waals surface area contributed by atoms with Crippen molar-refractivity contribution in [2.24, 2.45) is 0 Å². The van der Waals surface area contributed by atoms with Gasteiger partial charge in [0.05, 0.1) is 32.2 Å². The van der Waals surface area contributed by atoms with Crippen molar-refractivity contribution in [3.05, 3.63) is 59.1 Å². The zero-order valence-corrected chi connectivity index (χ0v) is 22.9. The first kappa shape index (κ1) is 27.7.